The first kappa shape index (κ1) is 10.8. The lowest BCUT2D eigenvalue weighted by atomic mass is 10.2. The van der Waals surface area contributed by atoms with Gasteiger partial charge in [-0.3, -0.25) is 4.79 Å². The Morgan fingerprint density at radius 1 is 1.46 bits per heavy atom. The van der Waals surface area contributed by atoms with Gasteiger partial charge in [-0.15, -0.1) is 0 Å². The van der Waals surface area contributed by atoms with Crippen LogP contribution in [0, 0.1) is 0 Å². The lowest BCUT2D eigenvalue weighted by molar-refractivity contribution is -0.133. The first-order chi connectivity index (χ1) is 6.15. The summed E-state index contributed by atoms with van der Waals surface area (Å²) in [6, 6.07) is -0.438. The van der Waals surface area contributed by atoms with Gasteiger partial charge in [-0.05, 0) is 7.05 Å². The zero-order chi connectivity index (χ0) is 9.84. The van der Waals surface area contributed by atoms with Gasteiger partial charge in [-0.25, -0.2) is 0 Å². The summed E-state index contributed by atoms with van der Waals surface area (Å²) in [6.45, 7) is 3.45. The second kappa shape index (κ2) is 4.83. The summed E-state index contributed by atoms with van der Waals surface area (Å²) in [7, 11) is 2.06. The molecule has 0 aromatic rings. The zero-order valence-corrected chi connectivity index (χ0v) is 8.83. The molecule has 0 aromatic carbocycles. The SMILES string of the molecule is CN1CCN(C(=O)C(N)CS)CC1. The Kier molecular flexibility index (Phi) is 4.02. The number of rotatable bonds is 2. The molecule has 0 aromatic heterocycles. The van der Waals surface area contributed by atoms with Crippen molar-refractivity contribution in [2.45, 2.75) is 6.04 Å². The van der Waals surface area contributed by atoms with Crippen molar-refractivity contribution in [3.05, 3.63) is 0 Å². The molecule has 5 heteroatoms. The fraction of sp³-hybridized carbons (Fsp3) is 0.875. The monoisotopic (exact) mass is 203 g/mol. The van der Waals surface area contributed by atoms with E-state index in [2.05, 4.69) is 24.6 Å². The van der Waals surface area contributed by atoms with Crippen LogP contribution in [0.15, 0.2) is 0 Å². The third-order valence-electron chi connectivity index (χ3n) is 2.33. The van der Waals surface area contributed by atoms with Crippen molar-refractivity contribution >= 4 is 18.5 Å². The van der Waals surface area contributed by atoms with E-state index in [-0.39, 0.29) is 5.91 Å². The van der Waals surface area contributed by atoms with Crippen molar-refractivity contribution in [2.24, 2.45) is 5.73 Å². The van der Waals surface area contributed by atoms with Crippen LogP contribution in [0.2, 0.25) is 0 Å². The van der Waals surface area contributed by atoms with Crippen LogP contribution in [0.4, 0.5) is 0 Å². The molecule has 76 valence electrons. The van der Waals surface area contributed by atoms with Crippen LogP contribution in [0.5, 0.6) is 0 Å². The number of hydrogen-bond acceptors (Lipinski definition) is 4. The lowest BCUT2D eigenvalue weighted by Gasteiger charge is -2.33. The molecular weight excluding hydrogens is 186 g/mol. The Morgan fingerprint density at radius 3 is 2.46 bits per heavy atom. The molecule has 0 saturated carbocycles. The predicted molar refractivity (Wildman–Crippen MR) is 55.9 cm³/mol. The Morgan fingerprint density at radius 2 is 2.00 bits per heavy atom. The fourth-order valence-corrected chi connectivity index (χ4v) is 1.50. The normalized spacial score (nSPS) is 21.6. The summed E-state index contributed by atoms with van der Waals surface area (Å²) in [4.78, 5) is 15.6. The number of likely N-dealkylation sites (N-methyl/N-ethyl adjacent to an activating group) is 1. The third kappa shape index (κ3) is 2.86. The fourth-order valence-electron chi connectivity index (χ4n) is 1.34. The van der Waals surface area contributed by atoms with Crippen LogP contribution < -0.4 is 5.73 Å². The van der Waals surface area contributed by atoms with Gasteiger partial charge in [0.25, 0.3) is 0 Å². The van der Waals surface area contributed by atoms with Gasteiger partial charge in [0, 0.05) is 31.9 Å². The van der Waals surface area contributed by atoms with E-state index in [0.717, 1.165) is 26.2 Å². The van der Waals surface area contributed by atoms with Crippen molar-refractivity contribution < 1.29 is 4.79 Å². The summed E-state index contributed by atoms with van der Waals surface area (Å²) in [5.41, 5.74) is 5.60. The lowest BCUT2D eigenvalue weighted by Crippen LogP contribution is -2.52. The summed E-state index contributed by atoms with van der Waals surface area (Å²) in [5, 5.41) is 0. The van der Waals surface area contributed by atoms with Crippen LogP contribution in [0.25, 0.3) is 0 Å². The molecular formula is C8H17N3OS. The maximum atomic E-state index is 11.6. The molecule has 1 saturated heterocycles. The molecule has 0 spiro atoms. The summed E-state index contributed by atoms with van der Waals surface area (Å²) in [5.74, 6) is 0.452. The van der Waals surface area contributed by atoms with Crippen molar-refractivity contribution in [2.75, 3.05) is 39.0 Å². The first-order valence-electron chi connectivity index (χ1n) is 4.49. The van der Waals surface area contributed by atoms with Gasteiger partial charge in [0.15, 0.2) is 0 Å². The Labute approximate surface area is 84.5 Å². The molecule has 1 aliphatic heterocycles. The molecule has 1 aliphatic rings. The summed E-state index contributed by atoms with van der Waals surface area (Å²) < 4.78 is 0. The van der Waals surface area contributed by atoms with E-state index < -0.39 is 6.04 Å². The van der Waals surface area contributed by atoms with E-state index in [9.17, 15) is 4.79 Å². The van der Waals surface area contributed by atoms with Crippen LogP contribution in [-0.2, 0) is 4.79 Å². The van der Waals surface area contributed by atoms with E-state index in [4.69, 9.17) is 5.73 Å². The van der Waals surface area contributed by atoms with Gasteiger partial charge in [-0.2, -0.15) is 12.6 Å². The van der Waals surface area contributed by atoms with E-state index in [1.807, 2.05) is 4.90 Å². The Bertz CT molecular complexity index is 180. The average Bonchev–Trinajstić information content (AvgIpc) is 2.17. The van der Waals surface area contributed by atoms with Gasteiger partial charge in [0.2, 0.25) is 5.91 Å². The minimum atomic E-state index is -0.438. The first-order valence-corrected chi connectivity index (χ1v) is 5.12. The topological polar surface area (TPSA) is 49.6 Å². The minimum absolute atomic E-state index is 0.0306. The molecule has 1 heterocycles. The summed E-state index contributed by atoms with van der Waals surface area (Å²) >= 11 is 4.01. The molecule has 1 atom stereocenters. The number of thiol groups is 1. The van der Waals surface area contributed by atoms with E-state index >= 15 is 0 Å². The molecule has 1 rings (SSSR count). The van der Waals surface area contributed by atoms with Gasteiger partial charge in [-0.1, -0.05) is 0 Å². The molecule has 1 unspecified atom stereocenters. The number of carbonyl (C=O) groups is 1. The molecule has 1 fully saturated rings. The van der Waals surface area contributed by atoms with Crippen LogP contribution >= 0.6 is 12.6 Å². The number of nitrogens with zero attached hydrogens (tertiary/aromatic N) is 2. The van der Waals surface area contributed by atoms with Crippen molar-refractivity contribution in [3.63, 3.8) is 0 Å². The van der Waals surface area contributed by atoms with Crippen molar-refractivity contribution in [1.82, 2.24) is 9.80 Å². The average molecular weight is 203 g/mol. The van der Waals surface area contributed by atoms with E-state index in [0.29, 0.717) is 5.75 Å². The standard InChI is InChI=1S/C8H17N3OS/c1-10-2-4-11(5-3-10)8(12)7(9)6-13/h7,13H,2-6,9H2,1H3. The highest BCUT2D eigenvalue weighted by Crippen LogP contribution is 2.01. The summed E-state index contributed by atoms with van der Waals surface area (Å²) in [6.07, 6.45) is 0. The van der Waals surface area contributed by atoms with Gasteiger partial charge in [0.05, 0.1) is 6.04 Å². The molecule has 0 aliphatic carbocycles. The Balaban J connectivity index is 2.40. The van der Waals surface area contributed by atoms with Gasteiger partial charge >= 0.3 is 0 Å². The van der Waals surface area contributed by atoms with Crippen molar-refractivity contribution in [3.8, 4) is 0 Å². The van der Waals surface area contributed by atoms with E-state index in [1.165, 1.54) is 0 Å². The molecule has 0 radical (unpaired) electrons. The van der Waals surface area contributed by atoms with Gasteiger partial charge < -0.3 is 15.5 Å². The maximum Gasteiger partial charge on any atom is 0.240 e. The molecule has 1 amide bonds. The van der Waals surface area contributed by atoms with Crippen LogP contribution in [0.3, 0.4) is 0 Å². The zero-order valence-electron chi connectivity index (χ0n) is 7.94. The highest BCUT2D eigenvalue weighted by atomic mass is 32.1. The quantitative estimate of drug-likeness (QED) is 0.567. The minimum Gasteiger partial charge on any atom is -0.339 e. The van der Waals surface area contributed by atoms with Crippen LogP contribution in [0.1, 0.15) is 0 Å². The largest absolute Gasteiger partial charge is 0.339 e. The molecule has 2 N–H and O–H groups in total. The highest BCUT2D eigenvalue weighted by Gasteiger charge is 2.22. The molecule has 13 heavy (non-hydrogen) atoms. The van der Waals surface area contributed by atoms with E-state index in [1.54, 1.807) is 0 Å². The van der Waals surface area contributed by atoms with Gasteiger partial charge in [0.1, 0.15) is 0 Å². The third-order valence-corrected chi connectivity index (χ3v) is 2.72. The maximum absolute atomic E-state index is 11.6. The molecule has 0 bridgehead atoms. The number of hydrogen-bond donors (Lipinski definition) is 2. The van der Waals surface area contributed by atoms with Crippen molar-refractivity contribution in [1.29, 1.82) is 0 Å². The second-order valence-corrected chi connectivity index (χ2v) is 3.78. The highest BCUT2D eigenvalue weighted by molar-refractivity contribution is 7.80. The Hall–Kier alpha value is -0.260. The molecule has 4 nitrogen and oxygen atoms in total. The second-order valence-electron chi connectivity index (χ2n) is 3.42. The number of carbonyl (C=O) groups excluding carboxylic acids is 1. The predicted octanol–water partition coefficient (Wildman–Crippen LogP) is -0.982. The number of amides is 1. The number of nitrogens with two attached hydrogens (primary N) is 1. The number of piperazine rings is 1. The van der Waals surface area contributed by atoms with Crippen LogP contribution in [-0.4, -0.2) is 60.7 Å². The smallest absolute Gasteiger partial charge is 0.240 e.